The fourth-order valence-corrected chi connectivity index (χ4v) is 10.7. The average Bonchev–Trinajstić information content (AvgIpc) is 3.55. The van der Waals surface area contributed by atoms with E-state index in [1.165, 1.54) is 66.0 Å². The van der Waals surface area contributed by atoms with Crippen molar-refractivity contribution < 1.29 is 4.74 Å². The van der Waals surface area contributed by atoms with E-state index in [-0.39, 0.29) is 10.8 Å². The summed E-state index contributed by atoms with van der Waals surface area (Å²) in [5, 5.41) is 2.97. The molecular formula is C44H48OSi. The fourth-order valence-electron chi connectivity index (χ4n) is 7.56. The molecule has 0 radical (unpaired) electrons. The van der Waals surface area contributed by atoms with Gasteiger partial charge in [-0.1, -0.05) is 150 Å². The molecule has 1 nitrogen and oxygen atoms in total. The van der Waals surface area contributed by atoms with E-state index in [1.807, 2.05) is 7.11 Å². The highest BCUT2D eigenvalue weighted by Crippen LogP contribution is 2.47. The normalized spacial score (nSPS) is 13.2. The lowest BCUT2D eigenvalue weighted by molar-refractivity contribution is 0.402. The number of hydrogen-bond acceptors (Lipinski definition) is 1. The van der Waals surface area contributed by atoms with Crippen LogP contribution < -0.4 is 15.1 Å². The van der Waals surface area contributed by atoms with Gasteiger partial charge in [-0.3, -0.25) is 0 Å². The molecule has 1 aliphatic rings. The third-order valence-corrected chi connectivity index (χ3v) is 14.4. The van der Waals surface area contributed by atoms with Gasteiger partial charge in [0, 0.05) is 22.0 Å². The lowest BCUT2D eigenvalue weighted by Crippen LogP contribution is -2.55. The molecule has 0 amide bonds. The second kappa shape index (κ2) is 11.9. The maximum atomic E-state index is 6.56. The Balaban J connectivity index is 1.70. The first-order chi connectivity index (χ1) is 21.9. The standard InChI is InChI=1S/C44H48OSi/c1-30-26-27-40(46(8,9)39-25-17-19-32-18-16-24-36(32)39)41(31(30)2)37-28-35(43(3,4)33-20-12-10-13-21-33)29-38(42(37)45-7)44(5,6)34-22-14-11-15-23-34/h10-17,19-29H,18H2,1-9H3. The van der Waals surface area contributed by atoms with Crippen molar-refractivity contribution in [1.29, 1.82) is 0 Å². The summed E-state index contributed by atoms with van der Waals surface area (Å²) in [6.45, 7) is 19.0. The van der Waals surface area contributed by atoms with Crippen LogP contribution in [0.4, 0.5) is 0 Å². The van der Waals surface area contributed by atoms with Crippen LogP contribution in [0.3, 0.4) is 0 Å². The molecule has 0 fully saturated rings. The predicted molar refractivity (Wildman–Crippen MR) is 201 cm³/mol. The number of ether oxygens (including phenoxy) is 1. The van der Waals surface area contributed by atoms with Gasteiger partial charge in [0.15, 0.2) is 0 Å². The first-order valence-electron chi connectivity index (χ1n) is 16.6. The SMILES string of the molecule is COc1c(-c2c([Si](C)(C)c3cccc4c3C=CC4)ccc(C)c2C)cc(C(C)(C)c2ccccc2)cc1C(C)(C)c1ccccc1. The summed E-state index contributed by atoms with van der Waals surface area (Å²) in [5.41, 5.74) is 12.6. The molecule has 6 rings (SSSR count). The van der Waals surface area contributed by atoms with Crippen LogP contribution in [0.25, 0.3) is 17.2 Å². The quantitative estimate of drug-likeness (QED) is 0.157. The van der Waals surface area contributed by atoms with E-state index in [0.717, 1.165) is 12.2 Å². The Bertz CT molecular complexity index is 1930. The smallest absolute Gasteiger partial charge is 0.130 e. The molecule has 0 aliphatic heterocycles. The molecule has 46 heavy (non-hydrogen) atoms. The molecule has 0 saturated carbocycles. The van der Waals surface area contributed by atoms with Gasteiger partial charge in [0.25, 0.3) is 0 Å². The maximum absolute atomic E-state index is 6.56. The van der Waals surface area contributed by atoms with E-state index in [0.29, 0.717) is 0 Å². The Morgan fingerprint density at radius 3 is 1.91 bits per heavy atom. The van der Waals surface area contributed by atoms with Crippen molar-refractivity contribution in [2.75, 3.05) is 7.11 Å². The highest BCUT2D eigenvalue weighted by molar-refractivity contribution is 7.01. The summed E-state index contributed by atoms with van der Waals surface area (Å²) in [6, 6.07) is 38.4. The molecule has 0 spiro atoms. The van der Waals surface area contributed by atoms with Crippen LogP contribution in [0.5, 0.6) is 5.75 Å². The van der Waals surface area contributed by atoms with Crippen LogP contribution in [0.1, 0.15) is 72.2 Å². The Morgan fingerprint density at radius 2 is 1.28 bits per heavy atom. The van der Waals surface area contributed by atoms with Crippen LogP contribution >= 0.6 is 0 Å². The summed E-state index contributed by atoms with van der Waals surface area (Å²) in [5.74, 6) is 0.972. The third-order valence-electron chi connectivity index (χ3n) is 10.8. The molecule has 0 unspecified atom stereocenters. The molecule has 0 atom stereocenters. The molecule has 5 aromatic rings. The van der Waals surface area contributed by atoms with Gasteiger partial charge in [-0.25, -0.2) is 0 Å². The summed E-state index contributed by atoms with van der Waals surface area (Å²) in [6.07, 6.45) is 5.69. The molecule has 234 valence electrons. The first kappa shape index (κ1) is 31.8. The third kappa shape index (κ3) is 5.27. The lowest BCUT2D eigenvalue weighted by Gasteiger charge is -2.35. The second-order valence-corrected chi connectivity index (χ2v) is 19.0. The summed E-state index contributed by atoms with van der Waals surface area (Å²) in [4.78, 5) is 0. The highest BCUT2D eigenvalue weighted by atomic mass is 28.3. The second-order valence-electron chi connectivity index (χ2n) is 14.6. The number of methoxy groups -OCH3 is 1. The highest BCUT2D eigenvalue weighted by Gasteiger charge is 2.37. The minimum Gasteiger partial charge on any atom is -0.496 e. The number of aryl methyl sites for hydroxylation is 1. The Kier molecular flexibility index (Phi) is 8.23. The summed E-state index contributed by atoms with van der Waals surface area (Å²) in [7, 11) is -0.336. The van der Waals surface area contributed by atoms with Gasteiger partial charge < -0.3 is 4.74 Å². The van der Waals surface area contributed by atoms with Gasteiger partial charge in [-0.15, -0.1) is 0 Å². The van der Waals surface area contributed by atoms with E-state index < -0.39 is 8.07 Å². The van der Waals surface area contributed by atoms with Crippen LogP contribution in [0, 0.1) is 13.8 Å². The molecule has 1 aliphatic carbocycles. The van der Waals surface area contributed by atoms with E-state index >= 15 is 0 Å². The van der Waals surface area contributed by atoms with E-state index in [1.54, 1.807) is 0 Å². The monoisotopic (exact) mass is 620 g/mol. The van der Waals surface area contributed by atoms with E-state index in [4.69, 9.17) is 4.74 Å². The molecule has 0 aromatic heterocycles. The molecule has 0 N–H and O–H groups in total. The van der Waals surface area contributed by atoms with Crippen molar-refractivity contribution in [2.45, 2.75) is 71.9 Å². The van der Waals surface area contributed by atoms with Crippen LogP contribution in [-0.2, 0) is 17.3 Å². The average molecular weight is 621 g/mol. The van der Waals surface area contributed by atoms with Crippen molar-refractivity contribution in [3.8, 4) is 16.9 Å². The van der Waals surface area contributed by atoms with Crippen LogP contribution in [-0.4, -0.2) is 15.2 Å². The zero-order valence-electron chi connectivity index (χ0n) is 29.1. The molecule has 0 heterocycles. The predicted octanol–water partition coefficient (Wildman–Crippen LogP) is 10.0. The van der Waals surface area contributed by atoms with Gasteiger partial charge in [-0.2, -0.15) is 0 Å². The molecule has 2 heteroatoms. The minimum absolute atomic E-state index is 0.223. The topological polar surface area (TPSA) is 9.23 Å². The first-order valence-corrected chi connectivity index (χ1v) is 19.6. The van der Waals surface area contributed by atoms with Crippen LogP contribution in [0.15, 0.2) is 109 Å². The zero-order valence-corrected chi connectivity index (χ0v) is 30.1. The van der Waals surface area contributed by atoms with Gasteiger partial charge >= 0.3 is 0 Å². The Morgan fingerprint density at radius 1 is 0.652 bits per heavy atom. The summed E-state index contributed by atoms with van der Waals surface area (Å²) >= 11 is 0. The van der Waals surface area contributed by atoms with Gasteiger partial charge in [-0.05, 0) is 81.2 Å². The van der Waals surface area contributed by atoms with Gasteiger partial charge in [0.2, 0.25) is 0 Å². The number of hydrogen-bond donors (Lipinski definition) is 0. The zero-order chi connectivity index (χ0) is 32.9. The molecule has 0 saturated heterocycles. The number of benzene rings is 5. The Labute approximate surface area is 278 Å². The van der Waals surface area contributed by atoms with Crippen molar-refractivity contribution in [2.24, 2.45) is 0 Å². The van der Waals surface area contributed by atoms with E-state index in [9.17, 15) is 0 Å². The van der Waals surface area contributed by atoms with Crippen molar-refractivity contribution in [3.05, 3.63) is 154 Å². The van der Waals surface area contributed by atoms with Gasteiger partial charge in [0.05, 0.1) is 7.11 Å². The van der Waals surface area contributed by atoms with Crippen molar-refractivity contribution >= 4 is 24.5 Å². The summed E-state index contributed by atoms with van der Waals surface area (Å²) < 4.78 is 6.56. The number of fused-ring (bicyclic) bond motifs is 1. The maximum Gasteiger partial charge on any atom is 0.130 e. The number of rotatable bonds is 8. The minimum atomic E-state index is -2.19. The van der Waals surface area contributed by atoms with Crippen molar-refractivity contribution in [1.82, 2.24) is 0 Å². The molecule has 0 bridgehead atoms. The Hall–Kier alpha value is -4.14. The number of allylic oxidation sites excluding steroid dienone is 1. The fraction of sp³-hybridized carbons (Fsp3) is 0.273. The lowest BCUT2D eigenvalue weighted by atomic mass is 9.71. The van der Waals surface area contributed by atoms with E-state index in [2.05, 4.69) is 170 Å². The molecule has 5 aromatic carbocycles. The van der Waals surface area contributed by atoms with Crippen LogP contribution in [0.2, 0.25) is 13.1 Å². The van der Waals surface area contributed by atoms with Crippen molar-refractivity contribution in [3.63, 3.8) is 0 Å². The largest absolute Gasteiger partial charge is 0.496 e. The van der Waals surface area contributed by atoms with Gasteiger partial charge in [0.1, 0.15) is 13.8 Å². The molecular weight excluding hydrogens is 573 g/mol.